The van der Waals surface area contributed by atoms with E-state index in [2.05, 4.69) is 179 Å². The van der Waals surface area contributed by atoms with Crippen LogP contribution in [0.1, 0.15) is 265 Å². The van der Waals surface area contributed by atoms with Crippen LogP contribution in [-0.2, 0) is 28.6 Å². The molecule has 0 saturated heterocycles. The van der Waals surface area contributed by atoms with Gasteiger partial charge < -0.3 is 14.2 Å². The third-order valence-electron chi connectivity index (χ3n) is 13.0. The Kier molecular flexibility index (Phi) is 61.4. The van der Waals surface area contributed by atoms with Crippen LogP contribution in [0.5, 0.6) is 0 Å². The second-order valence-corrected chi connectivity index (χ2v) is 20.5. The summed E-state index contributed by atoms with van der Waals surface area (Å²) < 4.78 is 16.9. The number of rotatable bonds is 56. The molecule has 1 unspecified atom stereocenters. The summed E-state index contributed by atoms with van der Waals surface area (Å²) in [5.74, 6) is -0.984. The van der Waals surface area contributed by atoms with Gasteiger partial charge in [0.25, 0.3) is 0 Å². The maximum Gasteiger partial charge on any atom is 0.306 e. The third-order valence-corrected chi connectivity index (χ3v) is 13.0. The highest BCUT2D eigenvalue weighted by Crippen LogP contribution is 2.14. The van der Waals surface area contributed by atoms with Crippen molar-refractivity contribution in [3.63, 3.8) is 0 Å². The van der Waals surface area contributed by atoms with Crippen LogP contribution in [0.2, 0.25) is 0 Å². The van der Waals surface area contributed by atoms with Gasteiger partial charge in [-0.1, -0.05) is 256 Å². The summed E-state index contributed by atoms with van der Waals surface area (Å²) >= 11 is 0. The summed E-state index contributed by atoms with van der Waals surface area (Å²) in [6, 6.07) is 0. The van der Waals surface area contributed by atoms with Crippen molar-refractivity contribution in [2.75, 3.05) is 13.2 Å². The number of allylic oxidation sites excluding steroid dienone is 26. The van der Waals surface area contributed by atoms with E-state index in [0.717, 1.165) is 154 Å². The molecule has 6 heteroatoms. The van der Waals surface area contributed by atoms with Gasteiger partial charge in [-0.25, -0.2) is 0 Å². The van der Waals surface area contributed by atoms with E-state index in [-0.39, 0.29) is 31.1 Å². The van der Waals surface area contributed by atoms with E-state index in [1.165, 1.54) is 64.2 Å². The number of unbranched alkanes of at least 4 members (excludes halogenated alkanes) is 19. The van der Waals surface area contributed by atoms with Gasteiger partial charge in [-0.05, 0) is 148 Å². The standard InChI is InChI=1S/C73H116O6/c1-4-7-10-13-16-19-22-25-28-31-34-36-39-42-45-48-51-54-57-60-63-66-72(75)78-69-70(68-77-71(74)65-62-59-56-53-50-47-44-41-38-33-30-27-24-21-18-15-12-9-6-3)79-73(76)67-64-61-58-55-52-49-46-43-40-37-35-32-29-26-23-20-17-14-11-8-5-2/h7,9-10,12,16,18-19,21,23,25-28,30,32,34-36,38,40-43,45,51,54,70H,4-6,8,11,13-15,17,20,22,24,29,31,33,37,39,44,46-50,52-53,55-69H2,1-3H3/b10-7-,12-9-,19-16-,21-18-,26-23-,28-25-,30-27-,35-32-,36-34-,41-38-,43-40-,45-42-,54-51-. The highest BCUT2D eigenvalue weighted by Gasteiger charge is 2.19. The smallest absolute Gasteiger partial charge is 0.306 e. The molecule has 0 rings (SSSR count). The summed E-state index contributed by atoms with van der Waals surface area (Å²) in [5, 5.41) is 0. The molecule has 0 radical (unpaired) electrons. The average Bonchev–Trinajstić information content (AvgIpc) is 3.45. The van der Waals surface area contributed by atoms with Gasteiger partial charge in [0.15, 0.2) is 6.10 Å². The van der Waals surface area contributed by atoms with Crippen LogP contribution in [0.3, 0.4) is 0 Å². The zero-order chi connectivity index (χ0) is 57.1. The second kappa shape index (κ2) is 65.5. The molecule has 0 aliphatic heterocycles. The highest BCUT2D eigenvalue weighted by molar-refractivity contribution is 5.71. The lowest BCUT2D eigenvalue weighted by molar-refractivity contribution is -0.167. The van der Waals surface area contributed by atoms with Gasteiger partial charge in [-0.2, -0.15) is 0 Å². The van der Waals surface area contributed by atoms with Crippen LogP contribution in [-0.4, -0.2) is 37.2 Å². The largest absolute Gasteiger partial charge is 0.462 e. The molecule has 0 aliphatic rings. The monoisotopic (exact) mass is 1090 g/mol. The van der Waals surface area contributed by atoms with E-state index in [0.29, 0.717) is 25.7 Å². The lowest BCUT2D eigenvalue weighted by atomic mass is 10.1. The Balaban J connectivity index is 4.56. The summed E-state index contributed by atoms with van der Waals surface area (Å²) in [6.45, 7) is 6.34. The van der Waals surface area contributed by atoms with E-state index in [1.54, 1.807) is 0 Å². The Morgan fingerprint density at radius 1 is 0.266 bits per heavy atom. The van der Waals surface area contributed by atoms with Gasteiger partial charge in [0, 0.05) is 19.3 Å². The SMILES string of the molecule is CC/C=C\C/C=C\C/C=C\C/C=C\C/C=C\C/C=C\CCCCC(=O)OCC(COC(=O)CCCCCCCC/C=C\C/C=C\C/C=C\C/C=C\CC)OC(=O)CCCCCCCC/C=C\C/C=C\C/C=C\CCCCCCC. The Bertz CT molecular complexity index is 1780. The first-order valence-corrected chi connectivity index (χ1v) is 32.0. The number of carbonyl (C=O) groups is 3. The molecule has 6 nitrogen and oxygen atoms in total. The van der Waals surface area contributed by atoms with Crippen LogP contribution >= 0.6 is 0 Å². The third kappa shape index (κ3) is 63.7. The lowest BCUT2D eigenvalue weighted by Crippen LogP contribution is -2.30. The first kappa shape index (κ1) is 74.0. The molecule has 1 atom stereocenters. The zero-order valence-corrected chi connectivity index (χ0v) is 50.8. The van der Waals surface area contributed by atoms with Crippen LogP contribution < -0.4 is 0 Å². The molecule has 0 aromatic carbocycles. The Morgan fingerprint density at radius 3 is 0.797 bits per heavy atom. The fourth-order valence-electron chi connectivity index (χ4n) is 8.27. The molecular formula is C73H116O6. The van der Waals surface area contributed by atoms with E-state index in [1.807, 2.05) is 0 Å². The molecule has 0 bridgehead atoms. The first-order valence-electron chi connectivity index (χ1n) is 32.0. The summed E-state index contributed by atoms with van der Waals surface area (Å²) in [4.78, 5) is 38.4. The van der Waals surface area contributed by atoms with Crippen LogP contribution in [0, 0.1) is 0 Å². The van der Waals surface area contributed by atoms with Crippen molar-refractivity contribution in [1.29, 1.82) is 0 Å². The van der Waals surface area contributed by atoms with Crippen molar-refractivity contribution in [2.24, 2.45) is 0 Å². The molecule has 0 aliphatic carbocycles. The molecule has 0 amide bonds. The van der Waals surface area contributed by atoms with Gasteiger partial charge in [0.1, 0.15) is 13.2 Å². The molecule has 79 heavy (non-hydrogen) atoms. The summed E-state index contributed by atoms with van der Waals surface area (Å²) in [5.41, 5.74) is 0. The Morgan fingerprint density at radius 2 is 0.494 bits per heavy atom. The molecule has 0 aromatic rings. The highest BCUT2D eigenvalue weighted by atomic mass is 16.6. The maximum atomic E-state index is 12.9. The minimum atomic E-state index is -0.820. The minimum Gasteiger partial charge on any atom is -0.462 e. The summed E-state index contributed by atoms with van der Waals surface area (Å²) in [7, 11) is 0. The molecule has 0 saturated carbocycles. The fraction of sp³-hybridized carbons (Fsp3) is 0.603. The second-order valence-electron chi connectivity index (χ2n) is 20.5. The Hall–Kier alpha value is -4.97. The van der Waals surface area contributed by atoms with E-state index in [4.69, 9.17) is 14.2 Å². The fourth-order valence-corrected chi connectivity index (χ4v) is 8.27. The van der Waals surface area contributed by atoms with Gasteiger partial charge in [-0.3, -0.25) is 14.4 Å². The molecule has 0 heterocycles. The van der Waals surface area contributed by atoms with Crippen LogP contribution in [0.25, 0.3) is 0 Å². The summed E-state index contributed by atoms with van der Waals surface area (Å²) in [6.07, 6.45) is 95.2. The quantitative estimate of drug-likeness (QED) is 0.0261. The van der Waals surface area contributed by atoms with Crippen molar-refractivity contribution in [2.45, 2.75) is 271 Å². The number of esters is 3. The number of ether oxygens (including phenoxy) is 3. The van der Waals surface area contributed by atoms with Crippen LogP contribution in [0.4, 0.5) is 0 Å². The number of hydrogen-bond donors (Lipinski definition) is 0. The van der Waals surface area contributed by atoms with Crippen molar-refractivity contribution in [1.82, 2.24) is 0 Å². The lowest BCUT2D eigenvalue weighted by Gasteiger charge is -2.18. The molecule has 0 spiro atoms. The van der Waals surface area contributed by atoms with E-state index < -0.39 is 6.10 Å². The van der Waals surface area contributed by atoms with Crippen molar-refractivity contribution in [3.8, 4) is 0 Å². The van der Waals surface area contributed by atoms with Crippen LogP contribution in [0.15, 0.2) is 158 Å². The average molecular weight is 1090 g/mol. The number of hydrogen-bond acceptors (Lipinski definition) is 6. The predicted octanol–water partition coefficient (Wildman–Crippen LogP) is 22.1. The van der Waals surface area contributed by atoms with E-state index >= 15 is 0 Å². The van der Waals surface area contributed by atoms with Gasteiger partial charge >= 0.3 is 17.9 Å². The normalized spacial score (nSPS) is 13.2. The van der Waals surface area contributed by atoms with E-state index in [9.17, 15) is 14.4 Å². The minimum absolute atomic E-state index is 0.112. The van der Waals surface area contributed by atoms with Gasteiger partial charge in [0.05, 0.1) is 0 Å². The van der Waals surface area contributed by atoms with Crippen molar-refractivity contribution < 1.29 is 28.6 Å². The predicted molar refractivity (Wildman–Crippen MR) is 343 cm³/mol. The van der Waals surface area contributed by atoms with Gasteiger partial charge in [-0.15, -0.1) is 0 Å². The molecule has 0 N–H and O–H groups in total. The number of carbonyl (C=O) groups excluding carboxylic acids is 3. The maximum absolute atomic E-state index is 12.9. The van der Waals surface area contributed by atoms with Crippen molar-refractivity contribution in [3.05, 3.63) is 158 Å². The first-order chi connectivity index (χ1) is 39.0. The zero-order valence-electron chi connectivity index (χ0n) is 50.8. The topological polar surface area (TPSA) is 78.9 Å². The van der Waals surface area contributed by atoms with Gasteiger partial charge in [0.2, 0.25) is 0 Å². The molecular weight excluding hydrogens is 973 g/mol. The molecule has 0 fully saturated rings. The molecule has 444 valence electrons. The Labute approximate surface area is 486 Å². The molecule has 0 aromatic heterocycles. The van der Waals surface area contributed by atoms with Crippen molar-refractivity contribution >= 4 is 17.9 Å².